The van der Waals surface area contributed by atoms with Gasteiger partial charge in [0, 0.05) is 5.88 Å². The third-order valence-corrected chi connectivity index (χ3v) is 1.87. The molecule has 0 bridgehead atoms. The van der Waals surface area contributed by atoms with Crippen LogP contribution in [-0.2, 0) is 12.5 Å². The van der Waals surface area contributed by atoms with Crippen LogP contribution in [-0.4, -0.2) is 10.1 Å². The lowest BCUT2D eigenvalue weighted by molar-refractivity contribution is 0.144. The van der Waals surface area contributed by atoms with Crippen molar-refractivity contribution in [3.05, 3.63) is 29.1 Å². The molecule has 72 valence electrons. The summed E-state index contributed by atoms with van der Waals surface area (Å²) in [5, 5.41) is 8.67. The molecule has 1 rings (SSSR count). The van der Waals surface area contributed by atoms with Crippen molar-refractivity contribution >= 4 is 11.6 Å². The third kappa shape index (κ3) is 2.35. The number of nitrogens with zero attached hydrogens (tertiary/aromatic N) is 1. The molecule has 2 nitrogen and oxygen atoms in total. The minimum atomic E-state index is -2.65. The molecule has 0 amide bonds. The summed E-state index contributed by atoms with van der Waals surface area (Å²) in [6.45, 7) is -0.345. The number of hydrogen-bond acceptors (Lipinski definition) is 2. The first-order valence-electron chi connectivity index (χ1n) is 3.62. The van der Waals surface area contributed by atoms with Crippen molar-refractivity contribution in [1.82, 2.24) is 4.98 Å². The molecule has 0 aliphatic rings. The van der Waals surface area contributed by atoms with Crippen LogP contribution in [0.25, 0.3) is 0 Å². The first-order valence-corrected chi connectivity index (χ1v) is 4.16. The van der Waals surface area contributed by atoms with Gasteiger partial charge in [0.15, 0.2) is 0 Å². The average molecular weight is 208 g/mol. The zero-order valence-electron chi connectivity index (χ0n) is 6.67. The van der Waals surface area contributed by atoms with Crippen LogP contribution in [0.4, 0.5) is 8.78 Å². The number of hydrogen-bond donors (Lipinski definition) is 1. The summed E-state index contributed by atoms with van der Waals surface area (Å²) in [5.74, 6) is -0.00161. The normalized spacial score (nSPS) is 10.8. The van der Waals surface area contributed by atoms with Crippen molar-refractivity contribution in [1.29, 1.82) is 0 Å². The standard InChI is InChI=1S/C8H8ClF2NO/c9-3-5-1-2-6(4-13)12-7(5)8(10)11/h1-2,8,13H,3-4H2. The second-order valence-electron chi connectivity index (χ2n) is 2.44. The lowest BCUT2D eigenvalue weighted by Gasteiger charge is -2.06. The van der Waals surface area contributed by atoms with Gasteiger partial charge in [-0.2, -0.15) is 0 Å². The third-order valence-electron chi connectivity index (χ3n) is 1.58. The van der Waals surface area contributed by atoms with E-state index in [9.17, 15) is 8.78 Å². The Balaban J connectivity index is 3.10. The van der Waals surface area contributed by atoms with E-state index in [1.54, 1.807) is 0 Å². The van der Waals surface area contributed by atoms with E-state index in [1.807, 2.05) is 0 Å². The quantitative estimate of drug-likeness (QED) is 0.772. The summed E-state index contributed by atoms with van der Waals surface area (Å²) >= 11 is 5.44. The Morgan fingerprint density at radius 1 is 1.46 bits per heavy atom. The molecule has 0 aliphatic carbocycles. The van der Waals surface area contributed by atoms with E-state index in [2.05, 4.69) is 4.98 Å². The molecule has 0 unspecified atom stereocenters. The highest BCUT2D eigenvalue weighted by molar-refractivity contribution is 6.17. The van der Waals surface area contributed by atoms with Gasteiger partial charge in [0.2, 0.25) is 0 Å². The number of aromatic nitrogens is 1. The lowest BCUT2D eigenvalue weighted by atomic mass is 10.2. The van der Waals surface area contributed by atoms with Gasteiger partial charge < -0.3 is 5.11 Å². The second-order valence-corrected chi connectivity index (χ2v) is 2.71. The van der Waals surface area contributed by atoms with E-state index in [4.69, 9.17) is 16.7 Å². The SMILES string of the molecule is OCc1ccc(CCl)c(C(F)F)n1. The van der Waals surface area contributed by atoms with Crippen LogP contribution in [0, 0.1) is 0 Å². The van der Waals surface area contributed by atoms with Crippen molar-refractivity contribution in [2.45, 2.75) is 18.9 Å². The number of alkyl halides is 3. The molecule has 1 aromatic rings. The number of halogens is 3. The molecule has 5 heteroatoms. The van der Waals surface area contributed by atoms with Crippen molar-refractivity contribution < 1.29 is 13.9 Å². The summed E-state index contributed by atoms with van der Waals surface area (Å²) in [4.78, 5) is 3.58. The molecule has 0 fully saturated rings. The Labute approximate surface area is 79.2 Å². The van der Waals surface area contributed by atoms with Gasteiger partial charge in [-0.25, -0.2) is 13.8 Å². The minimum absolute atomic E-state index is 0.00161. The molecule has 13 heavy (non-hydrogen) atoms. The molecular weight excluding hydrogens is 200 g/mol. The topological polar surface area (TPSA) is 33.1 Å². The van der Waals surface area contributed by atoms with E-state index in [0.717, 1.165) is 0 Å². The maximum Gasteiger partial charge on any atom is 0.280 e. The highest BCUT2D eigenvalue weighted by atomic mass is 35.5. The highest BCUT2D eigenvalue weighted by Crippen LogP contribution is 2.22. The van der Waals surface area contributed by atoms with Crippen LogP contribution in [0.1, 0.15) is 23.4 Å². The molecule has 0 atom stereocenters. The summed E-state index contributed by atoms with van der Waals surface area (Å²) < 4.78 is 24.7. The summed E-state index contributed by atoms with van der Waals surface area (Å²) in [6.07, 6.45) is -2.65. The van der Waals surface area contributed by atoms with Gasteiger partial charge in [-0.15, -0.1) is 11.6 Å². The fourth-order valence-corrected chi connectivity index (χ4v) is 1.16. The zero-order valence-corrected chi connectivity index (χ0v) is 7.43. The highest BCUT2D eigenvalue weighted by Gasteiger charge is 2.14. The minimum Gasteiger partial charge on any atom is -0.390 e. The molecular formula is C8H8ClF2NO. The first kappa shape index (κ1) is 10.3. The monoisotopic (exact) mass is 207 g/mol. The maximum absolute atomic E-state index is 12.3. The molecule has 0 spiro atoms. The molecule has 1 aromatic heterocycles. The molecule has 0 aromatic carbocycles. The van der Waals surface area contributed by atoms with Crippen LogP contribution in [0.5, 0.6) is 0 Å². The van der Waals surface area contributed by atoms with E-state index in [0.29, 0.717) is 5.56 Å². The number of aliphatic hydroxyl groups is 1. The summed E-state index contributed by atoms with van der Waals surface area (Å²) in [6, 6.07) is 2.93. The fraction of sp³-hybridized carbons (Fsp3) is 0.375. The maximum atomic E-state index is 12.3. The van der Waals surface area contributed by atoms with Crippen molar-refractivity contribution in [2.75, 3.05) is 0 Å². The van der Waals surface area contributed by atoms with Crippen molar-refractivity contribution in [2.24, 2.45) is 0 Å². The molecule has 1 heterocycles. The molecule has 1 N–H and O–H groups in total. The van der Waals surface area contributed by atoms with Gasteiger partial charge >= 0.3 is 0 Å². The summed E-state index contributed by atoms with van der Waals surface area (Å²) in [7, 11) is 0. The molecule has 0 aliphatic heterocycles. The van der Waals surface area contributed by atoms with Crippen LogP contribution < -0.4 is 0 Å². The van der Waals surface area contributed by atoms with Crippen LogP contribution >= 0.6 is 11.6 Å². The first-order chi connectivity index (χ1) is 6.19. The fourth-order valence-electron chi connectivity index (χ4n) is 0.936. The van der Waals surface area contributed by atoms with Gasteiger partial charge in [0.25, 0.3) is 6.43 Å². The van der Waals surface area contributed by atoms with Crippen LogP contribution in [0.2, 0.25) is 0 Å². The zero-order chi connectivity index (χ0) is 9.84. The van der Waals surface area contributed by atoms with E-state index in [1.165, 1.54) is 12.1 Å². The number of pyridine rings is 1. The van der Waals surface area contributed by atoms with Crippen LogP contribution in [0.3, 0.4) is 0 Å². The Hall–Kier alpha value is -0.740. The number of aliphatic hydroxyl groups excluding tert-OH is 1. The predicted molar refractivity (Wildman–Crippen MR) is 44.7 cm³/mol. The van der Waals surface area contributed by atoms with Gasteiger partial charge in [0.05, 0.1) is 12.3 Å². The van der Waals surface area contributed by atoms with Gasteiger partial charge in [-0.1, -0.05) is 6.07 Å². The predicted octanol–water partition coefficient (Wildman–Crippen LogP) is 2.25. The number of rotatable bonds is 3. The van der Waals surface area contributed by atoms with Gasteiger partial charge in [-0.05, 0) is 11.6 Å². The Morgan fingerprint density at radius 2 is 2.15 bits per heavy atom. The lowest BCUT2D eigenvalue weighted by Crippen LogP contribution is -2.00. The Morgan fingerprint density at radius 3 is 2.62 bits per heavy atom. The average Bonchev–Trinajstić information content (AvgIpc) is 2.16. The molecule has 0 saturated carbocycles. The smallest absolute Gasteiger partial charge is 0.280 e. The van der Waals surface area contributed by atoms with E-state index >= 15 is 0 Å². The second kappa shape index (κ2) is 4.48. The van der Waals surface area contributed by atoms with E-state index < -0.39 is 6.43 Å². The van der Waals surface area contributed by atoms with Gasteiger partial charge in [-0.3, -0.25) is 0 Å². The van der Waals surface area contributed by atoms with Crippen LogP contribution in [0.15, 0.2) is 12.1 Å². The van der Waals surface area contributed by atoms with Crippen molar-refractivity contribution in [3.8, 4) is 0 Å². The summed E-state index contributed by atoms with van der Waals surface area (Å²) in [5.41, 5.74) is 0.180. The van der Waals surface area contributed by atoms with Gasteiger partial charge in [0.1, 0.15) is 5.69 Å². The Kier molecular flexibility index (Phi) is 3.57. The largest absolute Gasteiger partial charge is 0.390 e. The van der Waals surface area contributed by atoms with Crippen molar-refractivity contribution in [3.63, 3.8) is 0 Å². The molecule has 0 radical (unpaired) electrons. The van der Waals surface area contributed by atoms with E-state index in [-0.39, 0.29) is 23.9 Å². The Bertz CT molecular complexity index is 293. The molecule has 0 saturated heterocycles.